The van der Waals surface area contributed by atoms with Gasteiger partial charge in [-0.15, -0.1) is 0 Å². The van der Waals surface area contributed by atoms with Crippen molar-refractivity contribution in [3.05, 3.63) is 70.2 Å². The van der Waals surface area contributed by atoms with Crippen LogP contribution in [0.5, 0.6) is 0 Å². The number of carboxylic acids is 1. The maximum atomic E-state index is 11.1. The van der Waals surface area contributed by atoms with Crippen LogP contribution in [0.15, 0.2) is 59.1 Å². The molecule has 1 saturated heterocycles. The Labute approximate surface area is 161 Å². The molecule has 138 valence electrons. The van der Waals surface area contributed by atoms with E-state index < -0.39 is 18.0 Å². The van der Waals surface area contributed by atoms with Crippen LogP contribution in [0.3, 0.4) is 0 Å². The zero-order chi connectivity index (χ0) is 18.7. The molecule has 1 aliphatic heterocycles. The van der Waals surface area contributed by atoms with Gasteiger partial charge in [-0.1, -0.05) is 58.4 Å². The SMILES string of the molecule is C[C@@H](c1ccc(Br)cc1)N1CC(CCC(=O)O)(c2ccccc2)OC1O. The van der Waals surface area contributed by atoms with Crippen molar-refractivity contribution in [2.45, 2.75) is 37.8 Å². The fourth-order valence-corrected chi connectivity index (χ4v) is 3.70. The van der Waals surface area contributed by atoms with Crippen LogP contribution in [-0.4, -0.2) is 34.0 Å². The molecular formula is C20H22BrNO4. The number of carbonyl (C=O) groups is 1. The van der Waals surface area contributed by atoms with Crippen molar-refractivity contribution in [3.8, 4) is 0 Å². The molecule has 2 N–H and O–H groups in total. The summed E-state index contributed by atoms with van der Waals surface area (Å²) in [6, 6.07) is 17.4. The molecule has 0 amide bonds. The van der Waals surface area contributed by atoms with Crippen LogP contribution in [0.25, 0.3) is 0 Å². The molecule has 1 heterocycles. The molecule has 1 aliphatic rings. The zero-order valence-electron chi connectivity index (χ0n) is 14.5. The molecule has 0 saturated carbocycles. The van der Waals surface area contributed by atoms with Crippen LogP contribution in [0.4, 0.5) is 0 Å². The Morgan fingerprint density at radius 2 is 1.92 bits per heavy atom. The Morgan fingerprint density at radius 3 is 2.54 bits per heavy atom. The Bertz CT molecular complexity index is 752. The molecule has 2 aromatic rings. The van der Waals surface area contributed by atoms with Gasteiger partial charge in [-0.3, -0.25) is 4.79 Å². The van der Waals surface area contributed by atoms with E-state index in [1.807, 2.05) is 66.4 Å². The largest absolute Gasteiger partial charge is 0.481 e. The molecule has 0 aliphatic carbocycles. The third-order valence-corrected chi connectivity index (χ3v) is 5.47. The van der Waals surface area contributed by atoms with Crippen LogP contribution in [0.2, 0.25) is 0 Å². The number of rotatable bonds is 6. The van der Waals surface area contributed by atoms with Crippen LogP contribution in [0.1, 0.15) is 36.9 Å². The van der Waals surface area contributed by atoms with Gasteiger partial charge in [-0.25, -0.2) is 4.90 Å². The van der Waals surface area contributed by atoms with Crippen molar-refractivity contribution in [1.29, 1.82) is 0 Å². The molecule has 5 nitrogen and oxygen atoms in total. The van der Waals surface area contributed by atoms with Gasteiger partial charge in [0.1, 0.15) is 5.60 Å². The summed E-state index contributed by atoms with van der Waals surface area (Å²) < 4.78 is 6.97. The molecule has 3 rings (SSSR count). The summed E-state index contributed by atoms with van der Waals surface area (Å²) in [6.07, 6.45) is -0.822. The first-order valence-electron chi connectivity index (χ1n) is 8.56. The third-order valence-electron chi connectivity index (χ3n) is 4.95. The van der Waals surface area contributed by atoms with Crippen LogP contribution < -0.4 is 0 Å². The standard InChI is InChI=1S/C20H22BrNO4/c1-14(15-7-9-17(21)10-8-15)22-13-20(26-19(22)25,12-11-18(23)24)16-5-3-2-4-6-16/h2-10,14,19,25H,11-13H2,1H3,(H,23,24)/t14-,19?,20?/m0/s1. The lowest BCUT2D eigenvalue weighted by Crippen LogP contribution is -2.35. The second kappa shape index (κ2) is 7.88. The van der Waals surface area contributed by atoms with Crippen LogP contribution >= 0.6 is 15.9 Å². The van der Waals surface area contributed by atoms with Gasteiger partial charge in [0, 0.05) is 23.5 Å². The highest BCUT2D eigenvalue weighted by atomic mass is 79.9. The van der Waals surface area contributed by atoms with Gasteiger partial charge in [0.25, 0.3) is 0 Å². The molecule has 0 aromatic heterocycles. The molecule has 0 bridgehead atoms. The first kappa shape index (κ1) is 19.0. The van der Waals surface area contributed by atoms with Gasteiger partial charge >= 0.3 is 5.97 Å². The molecular weight excluding hydrogens is 398 g/mol. The minimum atomic E-state index is -1.09. The normalized spacial score (nSPS) is 24.5. The predicted molar refractivity (Wildman–Crippen MR) is 101 cm³/mol. The maximum absolute atomic E-state index is 11.1. The second-order valence-corrected chi connectivity index (χ2v) is 7.51. The summed E-state index contributed by atoms with van der Waals surface area (Å²) in [5, 5.41) is 19.7. The second-order valence-electron chi connectivity index (χ2n) is 6.60. The number of carboxylic acid groups (broad SMARTS) is 1. The third kappa shape index (κ3) is 3.99. The average molecular weight is 420 g/mol. The summed E-state index contributed by atoms with van der Waals surface area (Å²) in [5.74, 6) is -0.877. The maximum Gasteiger partial charge on any atom is 0.303 e. The summed E-state index contributed by atoms with van der Waals surface area (Å²) in [6.45, 7) is 2.43. The summed E-state index contributed by atoms with van der Waals surface area (Å²) in [7, 11) is 0. The molecule has 2 unspecified atom stereocenters. The van der Waals surface area contributed by atoms with Crippen molar-refractivity contribution >= 4 is 21.9 Å². The lowest BCUT2D eigenvalue weighted by atomic mass is 9.88. The number of aliphatic carboxylic acids is 1. The van der Waals surface area contributed by atoms with Gasteiger partial charge in [-0.05, 0) is 36.6 Å². The van der Waals surface area contributed by atoms with Gasteiger partial charge < -0.3 is 14.9 Å². The summed E-state index contributed by atoms with van der Waals surface area (Å²) >= 11 is 3.43. The number of nitrogens with zero attached hydrogens (tertiary/aromatic N) is 1. The van der Waals surface area contributed by atoms with E-state index in [9.17, 15) is 9.90 Å². The van der Waals surface area contributed by atoms with E-state index in [2.05, 4.69) is 15.9 Å². The fourth-order valence-electron chi connectivity index (χ4n) is 3.43. The smallest absolute Gasteiger partial charge is 0.303 e. The zero-order valence-corrected chi connectivity index (χ0v) is 16.1. The number of aliphatic hydroxyl groups is 1. The van der Waals surface area contributed by atoms with E-state index in [0.717, 1.165) is 15.6 Å². The molecule has 3 atom stereocenters. The van der Waals surface area contributed by atoms with Crippen LogP contribution in [0, 0.1) is 0 Å². The minimum absolute atomic E-state index is 0.0257. The number of ether oxygens (including phenoxy) is 1. The molecule has 0 spiro atoms. The van der Waals surface area contributed by atoms with Crippen LogP contribution in [-0.2, 0) is 15.1 Å². The molecule has 26 heavy (non-hydrogen) atoms. The molecule has 1 fully saturated rings. The lowest BCUT2D eigenvalue weighted by Gasteiger charge is -2.29. The molecule has 0 radical (unpaired) electrons. The number of hydrogen-bond donors (Lipinski definition) is 2. The van der Waals surface area contributed by atoms with E-state index >= 15 is 0 Å². The van der Waals surface area contributed by atoms with E-state index in [1.54, 1.807) is 0 Å². The number of hydrogen-bond acceptors (Lipinski definition) is 4. The highest BCUT2D eigenvalue weighted by Crippen LogP contribution is 2.42. The van der Waals surface area contributed by atoms with Gasteiger partial charge in [0.15, 0.2) is 0 Å². The summed E-state index contributed by atoms with van der Waals surface area (Å²) in [5.41, 5.74) is 1.09. The van der Waals surface area contributed by atoms with Gasteiger partial charge in [0.05, 0.1) is 0 Å². The van der Waals surface area contributed by atoms with Crippen molar-refractivity contribution in [1.82, 2.24) is 4.90 Å². The number of aliphatic hydroxyl groups excluding tert-OH is 1. The van der Waals surface area contributed by atoms with Gasteiger partial charge in [0.2, 0.25) is 6.41 Å². The molecule has 6 heteroatoms. The Hall–Kier alpha value is -1.73. The highest BCUT2D eigenvalue weighted by Gasteiger charge is 2.47. The average Bonchev–Trinajstić information content (AvgIpc) is 2.99. The summed E-state index contributed by atoms with van der Waals surface area (Å²) in [4.78, 5) is 13.0. The lowest BCUT2D eigenvalue weighted by molar-refractivity contribution is -0.188. The first-order valence-corrected chi connectivity index (χ1v) is 9.35. The quantitative estimate of drug-likeness (QED) is 0.743. The van der Waals surface area contributed by atoms with E-state index in [4.69, 9.17) is 9.84 Å². The predicted octanol–water partition coefficient (Wildman–Crippen LogP) is 3.88. The number of benzene rings is 2. The van der Waals surface area contributed by atoms with E-state index in [0.29, 0.717) is 13.0 Å². The van der Waals surface area contributed by atoms with Crippen molar-refractivity contribution < 1.29 is 19.7 Å². The first-order chi connectivity index (χ1) is 12.4. The van der Waals surface area contributed by atoms with Crippen molar-refractivity contribution in [3.63, 3.8) is 0 Å². The Kier molecular flexibility index (Phi) is 5.77. The molecule has 2 aromatic carbocycles. The van der Waals surface area contributed by atoms with E-state index in [1.165, 1.54) is 0 Å². The van der Waals surface area contributed by atoms with E-state index in [-0.39, 0.29) is 12.5 Å². The highest BCUT2D eigenvalue weighted by molar-refractivity contribution is 9.10. The minimum Gasteiger partial charge on any atom is -0.481 e. The Balaban J connectivity index is 1.88. The topological polar surface area (TPSA) is 70.0 Å². The van der Waals surface area contributed by atoms with Crippen molar-refractivity contribution in [2.24, 2.45) is 0 Å². The number of halogens is 1. The fraction of sp³-hybridized carbons (Fsp3) is 0.350. The monoisotopic (exact) mass is 419 g/mol. The Morgan fingerprint density at radius 1 is 1.27 bits per heavy atom. The van der Waals surface area contributed by atoms with Gasteiger partial charge in [-0.2, -0.15) is 0 Å². The van der Waals surface area contributed by atoms with Crippen molar-refractivity contribution in [2.75, 3.05) is 6.54 Å².